The van der Waals surface area contributed by atoms with Crippen LogP contribution >= 0.6 is 23.2 Å². The summed E-state index contributed by atoms with van der Waals surface area (Å²) in [4.78, 5) is 29.6. The summed E-state index contributed by atoms with van der Waals surface area (Å²) in [5, 5.41) is 3.75. The third kappa shape index (κ3) is 5.63. The number of piperazine rings is 1. The summed E-state index contributed by atoms with van der Waals surface area (Å²) in [7, 11) is 3.06. The molecule has 3 aromatic rings. The molecule has 1 N–H and O–H groups in total. The van der Waals surface area contributed by atoms with Crippen LogP contribution in [0.3, 0.4) is 0 Å². The molecule has 9 heteroatoms. The van der Waals surface area contributed by atoms with Crippen molar-refractivity contribution in [2.24, 2.45) is 0 Å². The van der Waals surface area contributed by atoms with Crippen molar-refractivity contribution in [3.05, 3.63) is 81.8 Å². The molecular formula is C26H25Cl2N3O4. The van der Waals surface area contributed by atoms with Crippen LogP contribution in [0.4, 0.5) is 11.4 Å². The highest BCUT2D eigenvalue weighted by Crippen LogP contribution is 2.27. The number of benzene rings is 3. The molecule has 4 rings (SSSR count). The fourth-order valence-corrected chi connectivity index (χ4v) is 4.38. The molecule has 35 heavy (non-hydrogen) atoms. The molecule has 1 aliphatic rings. The second-order valence-corrected chi connectivity index (χ2v) is 8.82. The highest BCUT2D eigenvalue weighted by molar-refractivity contribution is 6.32. The van der Waals surface area contributed by atoms with Gasteiger partial charge in [-0.15, -0.1) is 0 Å². The van der Waals surface area contributed by atoms with E-state index in [-0.39, 0.29) is 11.8 Å². The number of rotatable bonds is 6. The van der Waals surface area contributed by atoms with Gasteiger partial charge in [0.25, 0.3) is 11.8 Å². The van der Waals surface area contributed by atoms with Gasteiger partial charge in [0.15, 0.2) is 0 Å². The summed E-state index contributed by atoms with van der Waals surface area (Å²) in [6, 6.07) is 17.6. The lowest BCUT2D eigenvalue weighted by Gasteiger charge is -2.36. The van der Waals surface area contributed by atoms with Crippen LogP contribution in [0.25, 0.3) is 0 Å². The van der Waals surface area contributed by atoms with E-state index in [1.54, 1.807) is 41.3 Å². The lowest BCUT2D eigenvalue weighted by Crippen LogP contribution is -2.48. The molecule has 0 radical (unpaired) electrons. The van der Waals surface area contributed by atoms with Crippen molar-refractivity contribution in [1.29, 1.82) is 0 Å². The van der Waals surface area contributed by atoms with Gasteiger partial charge >= 0.3 is 0 Å². The zero-order chi connectivity index (χ0) is 24.9. The number of nitrogens with zero attached hydrogens (tertiary/aromatic N) is 2. The summed E-state index contributed by atoms with van der Waals surface area (Å²) < 4.78 is 10.5. The molecule has 0 spiro atoms. The number of hydrogen-bond acceptors (Lipinski definition) is 5. The molecule has 0 aromatic heterocycles. The number of methoxy groups -OCH3 is 2. The Hall–Kier alpha value is -3.42. The molecule has 3 aromatic carbocycles. The molecule has 1 saturated heterocycles. The van der Waals surface area contributed by atoms with E-state index in [1.807, 2.05) is 24.3 Å². The predicted molar refractivity (Wildman–Crippen MR) is 139 cm³/mol. The number of carbonyl (C=O) groups is 2. The Morgan fingerprint density at radius 1 is 0.829 bits per heavy atom. The zero-order valence-electron chi connectivity index (χ0n) is 19.4. The van der Waals surface area contributed by atoms with E-state index in [1.165, 1.54) is 14.2 Å². The highest BCUT2D eigenvalue weighted by atomic mass is 35.5. The van der Waals surface area contributed by atoms with Crippen molar-refractivity contribution in [3.63, 3.8) is 0 Å². The van der Waals surface area contributed by atoms with Gasteiger partial charge in [-0.3, -0.25) is 9.59 Å². The normalized spacial score (nSPS) is 13.4. The van der Waals surface area contributed by atoms with Crippen molar-refractivity contribution in [2.45, 2.75) is 0 Å². The molecular weight excluding hydrogens is 489 g/mol. The molecule has 0 bridgehead atoms. The molecule has 0 saturated carbocycles. The van der Waals surface area contributed by atoms with Gasteiger partial charge in [-0.25, -0.2) is 0 Å². The first-order valence-electron chi connectivity index (χ1n) is 11.0. The van der Waals surface area contributed by atoms with Crippen molar-refractivity contribution < 1.29 is 19.1 Å². The van der Waals surface area contributed by atoms with E-state index < -0.39 is 0 Å². The molecule has 1 aliphatic heterocycles. The van der Waals surface area contributed by atoms with Crippen LogP contribution in [-0.2, 0) is 0 Å². The largest absolute Gasteiger partial charge is 0.496 e. The van der Waals surface area contributed by atoms with E-state index >= 15 is 0 Å². The fraction of sp³-hybridized carbons (Fsp3) is 0.231. The van der Waals surface area contributed by atoms with Crippen LogP contribution in [0.5, 0.6) is 11.5 Å². The molecule has 0 atom stereocenters. The van der Waals surface area contributed by atoms with Gasteiger partial charge in [-0.05, 0) is 60.7 Å². The van der Waals surface area contributed by atoms with Crippen molar-refractivity contribution in [2.75, 3.05) is 50.6 Å². The van der Waals surface area contributed by atoms with Crippen molar-refractivity contribution in [3.8, 4) is 11.5 Å². The van der Waals surface area contributed by atoms with Crippen LogP contribution in [-0.4, -0.2) is 57.1 Å². The number of anilines is 2. The topological polar surface area (TPSA) is 71.1 Å². The first-order chi connectivity index (χ1) is 16.9. The fourth-order valence-electron chi connectivity index (χ4n) is 3.95. The van der Waals surface area contributed by atoms with Gasteiger partial charge in [-0.2, -0.15) is 0 Å². The Balaban J connectivity index is 1.35. The Kier molecular flexibility index (Phi) is 7.68. The van der Waals surface area contributed by atoms with Crippen LogP contribution < -0.4 is 19.7 Å². The third-order valence-corrected chi connectivity index (χ3v) is 6.39. The summed E-state index contributed by atoms with van der Waals surface area (Å²) >= 11 is 12.2. The maximum Gasteiger partial charge on any atom is 0.257 e. The second kappa shape index (κ2) is 10.9. The van der Waals surface area contributed by atoms with Crippen LogP contribution in [0.2, 0.25) is 10.0 Å². The van der Waals surface area contributed by atoms with Gasteiger partial charge in [0, 0.05) is 48.1 Å². The number of nitrogens with one attached hydrogen (secondary N) is 1. The van der Waals surface area contributed by atoms with Crippen LogP contribution in [0.15, 0.2) is 60.7 Å². The Bertz CT molecular complexity index is 1230. The number of carbonyl (C=O) groups excluding carboxylic acids is 2. The average molecular weight is 514 g/mol. The summed E-state index contributed by atoms with van der Waals surface area (Å²) in [6.07, 6.45) is 0. The number of amides is 2. The first kappa shape index (κ1) is 24.7. The zero-order valence-corrected chi connectivity index (χ0v) is 20.9. The van der Waals surface area contributed by atoms with Crippen LogP contribution in [0.1, 0.15) is 20.7 Å². The molecule has 0 aliphatic carbocycles. The molecule has 1 fully saturated rings. The monoisotopic (exact) mass is 513 g/mol. The standard InChI is InChI=1S/C26H25Cl2N3O4/c1-34-23-10-4-18(27)16-21(23)26(33)31-13-11-30(12-14-31)20-7-5-19(6-8-20)29-25(32)17-3-9-24(35-2)22(28)15-17/h3-10,15-16H,11-14H2,1-2H3,(H,29,32). The molecule has 7 nitrogen and oxygen atoms in total. The Morgan fingerprint density at radius 3 is 2.11 bits per heavy atom. The first-order valence-corrected chi connectivity index (χ1v) is 11.8. The highest BCUT2D eigenvalue weighted by Gasteiger charge is 2.25. The summed E-state index contributed by atoms with van der Waals surface area (Å²) in [5.41, 5.74) is 2.60. The van der Waals surface area contributed by atoms with Gasteiger partial charge in [-0.1, -0.05) is 23.2 Å². The molecule has 1 heterocycles. The second-order valence-electron chi connectivity index (χ2n) is 7.97. The van der Waals surface area contributed by atoms with E-state index in [9.17, 15) is 9.59 Å². The predicted octanol–water partition coefficient (Wildman–Crippen LogP) is 5.23. The number of hydrogen-bond donors (Lipinski definition) is 1. The van der Waals surface area contributed by atoms with E-state index in [2.05, 4.69) is 10.2 Å². The van der Waals surface area contributed by atoms with E-state index in [4.69, 9.17) is 32.7 Å². The Morgan fingerprint density at radius 2 is 1.49 bits per heavy atom. The van der Waals surface area contributed by atoms with Crippen LogP contribution in [0, 0.1) is 0 Å². The Labute approximate surface area is 214 Å². The van der Waals surface area contributed by atoms with Gasteiger partial charge in [0.1, 0.15) is 11.5 Å². The smallest absolute Gasteiger partial charge is 0.257 e. The van der Waals surface area contributed by atoms with Gasteiger partial charge in [0.2, 0.25) is 0 Å². The van der Waals surface area contributed by atoms with Gasteiger partial charge < -0.3 is 24.6 Å². The van der Waals surface area contributed by atoms with Crippen molar-refractivity contribution in [1.82, 2.24) is 4.90 Å². The number of halogens is 2. The summed E-state index contributed by atoms with van der Waals surface area (Å²) in [6.45, 7) is 2.52. The van der Waals surface area contributed by atoms with E-state index in [0.717, 1.165) is 5.69 Å². The summed E-state index contributed by atoms with van der Waals surface area (Å²) in [5.74, 6) is 0.670. The molecule has 0 unspecified atom stereocenters. The van der Waals surface area contributed by atoms with E-state index in [0.29, 0.717) is 64.5 Å². The number of ether oxygens (including phenoxy) is 2. The average Bonchev–Trinajstić information content (AvgIpc) is 2.88. The molecule has 182 valence electrons. The SMILES string of the molecule is COc1ccc(C(=O)Nc2ccc(N3CCN(C(=O)c4cc(Cl)ccc4OC)CC3)cc2)cc1Cl. The minimum Gasteiger partial charge on any atom is -0.496 e. The maximum absolute atomic E-state index is 13.0. The third-order valence-electron chi connectivity index (χ3n) is 5.86. The van der Waals surface area contributed by atoms with Crippen molar-refractivity contribution >= 4 is 46.4 Å². The minimum atomic E-state index is -0.258. The quantitative estimate of drug-likeness (QED) is 0.488. The minimum absolute atomic E-state index is 0.0966. The molecule has 2 amide bonds. The maximum atomic E-state index is 13.0. The van der Waals surface area contributed by atoms with Gasteiger partial charge in [0.05, 0.1) is 24.8 Å². The lowest BCUT2D eigenvalue weighted by molar-refractivity contribution is 0.0743. The lowest BCUT2D eigenvalue weighted by atomic mass is 10.1.